The number of ether oxygens (including phenoxy) is 1. The van der Waals surface area contributed by atoms with Crippen LogP contribution in [0.2, 0.25) is 0 Å². The Kier molecular flexibility index (Phi) is 6.58. The Morgan fingerprint density at radius 3 is 2.80 bits per heavy atom. The summed E-state index contributed by atoms with van der Waals surface area (Å²) in [5.41, 5.74) is 0.801. The fourth-order valence-electron chi connectivity index (χ4n) is 2.66. The van der Waals surface area contributed by atoms with Gasteiger partial charge in [-0.25, -0.2) is 4.98 Å². The van der Waals surface area contributed by atoms with Gasteiger partial charge in [0.05, 0.1) is 9.09 Å². The molecule has 0 spiro atoms. The molecule has 0 saturated carbocycles. The maximum atomic E-state index is 11.6. The summed E-state index contributed by atoms with van der Waals surface area (Å²) >= 11 is 3.71. The molecule has 2 atom stereocenters. The van der Waals surface area contributed by atoms with Crippen LogP contribution >= 0.6 is 34.4 Å². The van der Waals surface area contributed by atoms with Crippen LogP contribution in [0.4, 0.5) is 0 Å². The topological polar surface area (TPSA) is 51.2 Å². The van der Waals surface area contributed by atoms with E-state index < -0.39 is 11.0 Å². The van der Waals surface area contributed by atoms with Gasteiger partial charge in [-0.1, -0.05) is 24.1 Å². The quantitative estimate of drug-likeness (QED) is 0.408. The van der Waals surface area contributed by atoms with Crippen LogP contribution in [0.25, 0.3) is 10.9 Å². The van der Waals surface area contributed by atoms with E-state index in [-0.39, 0.29) is 5.91 Å². The molecule has 2 rings (SSSR count). The molecule has 1 aromatic heterocycles. The van der Waals surface area contributed by atoms with Crippen molar-refractivity contribution in [2.45, 2.75) is 38.7 Å². The van der Waals surface area contributed by atoms with Gasteiger partial charge >= 0.3 is 0 Å². The summed E-state index contributed by atoms with van der Waals surface area (Å²) in [7, 11) is 0. The molecule has 2 aromatic rings. The Morgan fingerprint density at radius 2 is 2.20 bits per heavy atom. The van der Waals surface area contributed by atoms with E-state index in [1.165, 1.54) is 18.7 Å². The van der Waals surface area contributed by atoms with Crippen LogP contribution in [0.3, 0.4) is 0 Å². The van der Waals surface area contributed by atoms with Crippen molar-refractivity contribution in [3.8, 4) is 17.7 Å². The first-order chi connectivity index (χ1) is 11.8. The lowest BCUT2D eigenvalue weighted by molar-refractivity contribution is -0.120. The van der Waals surface area contributed by atoms with Crippen LogP contribution in [0.15, 0.2) is 24.3 Å². The summed E-state index contributed by atoms with van der Waals surface area (Å²) in [6.45, 7) is 7.13. The molecule has 132 valence electrons. The van der Waals surface area contributed by atoms with Gasteiger partial charge in [-0.2, -0.15) is 0 Å². The zero-order valence-electron chi connectivity index (χ0n) is 14.9. The maximum absolute atomic E-state index is 11.6. The third kappa shape index (κ3) is 4.59. The van der Waals surface area contributed by atoms with Gasteiger partial charge < -0.3 is 10.1 Å². The molecule has 6 heteroatoms. The number of thioether (sulfide) groups is 1. The number of hydrogen-bond acceptors (Lipinski definition) is 4. The predicted octanol–water partition coefficient (Wildman–Crippen LogP) is 4.13. The summed E-state index contributed by atoms with van der Waals surface area (Å²) in [5.74, 6) is 6.36. The van der Waals surface area contributed by atoms with Gasteiger partial charge in [0.25, 0.3) is 0 Å². The molecule has 0 aliphatic rings. The Morgan fingerprint density at radius 1 is 1.48 bits per heavy atom. The van der Waals surface area contributed by atoms with Gasteiger partial charge in [-0.3, -0.25) is 4.79 Å². The first kappa shape index (κ1) is 19.9. The number of amides is 1. The second-order valence-electron chi connectivity index (χ2n) is 5.87. The molecular formula is C19H21IN2O2S. The molecule has 25 heavy (non-hydrogen) atoms. The maximum Gasteiger partial charge on any atom is 0.228 e. The number of hydrogen-bond donors (Lipinski definition) is 1. The van der Waals surface area contributed by atoms with Crippen molar-refractivity contribution in [3.05, 3.63) is 33.4 Å². The fourth-order valence-corrected chi connectivity index (χ4v) is 4.02. The molecular weight excluding hydrogens is 447 g/mol. The third-order valence-corrected chi connectivity index (χ3v) is 5.46. The number of aryl methyl sites for hydroxylation is 1. The first-order valence-electron chi connectivity index (χ1n) is 7.78. The van der Waals surface area contributed by atoms with E-state index in [4.69, 9.17) is 9.72 Å². The molecule has 0 aliphatic carbocycles. The number of aromatic nitrogens is 1. The van der Waals surface area contributed by atoms with Gasteiger partial charge in [0, 0.05) is 12.3 Å². The van der Waals surface area contributed by atoms with Crippen LogP contribution in [-0.2, 0) is 4.79 Å². The summed E-state index contributed by atoms with van der Waals surface area (Å²) in [6.07, 6.45) is 1.93. The number of benzene rings is 1. The number of carbonyl (C=O) groups excluding carboxylic acids is 1. The Labute approximate surface area is 166 Å². The Balaban J connectivity index is 2.45. The highest BCUT2D eigenvalue weighted by atomic mass is 127. The van der Waals surface area contributed by atoms with Crippen LogP contribution in [0, 0.1) is 22.3 Å². The largest absolute Gasteiger partial charge is 0.459 e. The van der Waals surface area contributed by atoms with Gasteiger partial charge in [0.2, 0.25) is 11.8 Å². The second kappa shape index (κ2) is 8.28. The Bertz CT molecular complexity index is 860. The number of para-hydroxylation sites is 1. The minimum atomic E-state index is -0.814. The number of rotatable bonds is 5. The van der Waals surface area contributed by atoms with Crippen molar-refractivity contribution in [1.29, 1.82) is 0 Å². The SMILES string of the molecule is CC#CC(C)(NC(C)=O)C(Oc1nc2c(C)cccc2cc1I)SC. The first-order valence-corrected chi connectivity index (χ1v) is 10.2. The second-order valence-corrected chi connectivity index (χ2v) is 7.93. The molecule has 0 radical (unpaired) electrons. The molecule has 1 amide bonds. The number of fused-ring (bicyclic) bond motifs is 1. The minimum absolute atomic E-state index is 0.148. The van der Waals surface area contributed by atoms with Crippen LogP contribution in [0.5, 0.6) is 5.88 Å². The molecule has 1 heterocycles. The van der Waals surface area contributed by atoms with Crippen molar-refractivity contribution >= 4 is 51.2 Å². The predicted molar refractivity (Wildman–Crippen MR) is 113 cm³/mol. The molecule has 1 aromatic carbocycles. The lowest BCUT2D eigenvalue weighted by atomic mass is 10.0. The standard InChI is InChI=1S/C19H21IN2O2S/c1-6-10-19(4,22-13(3)23)18(25-5)24-17-15(20)11-14-9-7-8-12(2)16(14)21-17/h7-9,11,18H,1-5H3,(H,22,23). The fraction of sp³-hybridized carbons (Fsp3) is 0.368. The van der Waals surface area contributed by atoms with E-state index in [0.29, 0.717) is 5.88 Å². The average Bonchev–Trinajstić information content (AvgIpc) is 2.52. The van der Waals surface area contributed by atoms with E-state index in [0.717, 1.165) is 20.0 Å². The van der Waals surface area contributed by atoms with E-state index in [1.54, 1.807) is 6.92 Å². The van der Waals surface area contributed by atoms with Gasteiger partial charge in [0.15, 0.2) is 5.44 Å². The average molecular weight is 468 g/mol. The molecule has 0 fully saturated rings. The summed E-state index contributed by atoms with van der Waals surface area (Å²) in [5, 5.41) is 3.99. The van der Waals surface area contributed by atoms with Crippen LogP contribution < -0.4 is 10.1 Å². The van der Waals surface area contributed by atoms with E-state index in [1.807, 2.05) is 38.3 Å². The van der Waals surface area contributed by atoms with Gasteiger partial charge in [0.1, 0.15) is 5.54 Å². The Hall–Kier alpha value is -1.46. The number of nitrogens with zero attached hydrogens (tertiary/aromatic N) is 1. The highest BCUT2D eigenvalue weighted by Crippen LogP contribution is 2.30. The van der Waals surface area contributed by atoms with E-state index >= 15 is 0 Å². The van der Waals surface area contributed by atoms with Crippen molar-refractivity contribution in [1.82, 2.24) is 10.3 Å². The molecule has 1 N–H and O–H groups in total. The third-order valence-electron chi connectivity index (χ3n) is 3.69. The number of nitrogens with one attached hydrogen (secondary N) is 1. The summed E-state index contributed by atoms with van der Waals surface area (Å²) < 4.78 is 7.12. The molecule has 2 unspecified atom stereocenters. The van der Waals surface area contributed by atoms with Crippen LogP contribution in [-0.4, -0.2) is 28.1 Å². The van der Waals surface area contributed by atoms with Crippen LogP contribution in [0.1, 0.15) is 26.3 Å². The summed E-state index contributed by atoms with van der Waals surface area (Å²) in [4.78, 5) is 16.3. The normalized spacial score (nSPS) is 14.2. The van der Waals surface area contributed by atoms with Crippen molar-refractivity contribution in [3.63, 3.8) is 0 Å². The zero-order chi connectivity index (χ0) is 18.6. The number of halogens is 1. The highest BCUT2D eigenvalue weighted by Gasteiger charge is 2.36. The monoisotopic (exact) mass is 468 g/mol. The molecule has 0 aliphatic heterocycles. The molecule has 0 saturated heterocycles. The van der Waals surface area contributed by atoms with Crippen molar-refractivity contribution < 1.29 is 9.53 Å². The van der Waals surface area contributed by atoms with E-state index in [2.05, 4.69) is 45.8 Å². The van der Waals surface area contributed by atoms with Gasteiger partial charge in [-0.15, -0.1) is 17.7 Å². The highest BCUT2D eigenvalue weighted by molar-refractivity contribution is 14.1. The number of pyridine rings is 1. The van der Waals surface area contributed by atoms with E-state index in [9.17, 15) is 4.79 Å². The number of carbonyl (C=O) groups is 1. The summed E-state index contributed by atoms with van der Waals surface area (Å²) in [6, 6.07) is 8.15. The minimum Gasteiger partial charge on any atom is -0.459 e. The lowest BCUT2D eigenvalue weighted by Crippen LogP contribution is -2.53. The molecule has 4 nitrogen and oxygen atoms in total. The van der Waals surface area contributed by atoms with Crippen molar-refractivity contribution in [2.75, 3.05) is 6.26 Å². The zero-order valence-corrected chi connectivity index (χ0v) is 17.9. The smallest absolute Gasteiger partial charge is 0.228 e. The van der Waals surface area contributed by atoms with Gasteiger partial charge in [-0.05, 0) is 61.2 Å². The lowest BCUT2D eigenvalue weighted by Gasteiger charge is -2.32. The van der Waals surface area contributed by atoms with Crippen molar-refractivity contribution in [2.24, 2.45) is 0 Å². The molecule has 0 bridgehead atoms.